The molecule has 4 nitrogen and oxygen atoms in total. The van der Waals surface area contributed by atoms with Gasteiger partial charge in [-0.15, -0.1) is 10.2 Å². The predicted molar refractivity (Wildman–Crippen MR) is 77.9 cm³/mol. The highest BCUT2D eigenvalue weighted by Crippen LogP contribution is 2.36. The van der Waals surface area contributed by atoms with E-state index in [2.05, 4.69) is 20.5 Å². The van der Waals surface area contributed by atoms with Gasteiger partial charge in [0, 0.05) is 6.20 Å². The molecular formula is C14H9F3N4S. The molecular weight excluding hydrogens is 313 g/mol. The average Bonchev–Trinajstić information content (AvgIpc) is 2.96. The smallest absolute Gasteiger partial charge is 0.330 e. The highest BCUT2D eigenvalue weighted by molar-refractivity contribution is 7.18. The second-order valence-electron chi connectivity index (χ2n) is 4.30. The predicted octanol–water partition coefficient (Wildman–Crippen LogP) is 4.36. The van der Waals surface area contributed by atoms with Gasteiger partial charge in [0.25, 0.3) is 0 Å². The fraction of sp³-hybridized carbons (Fsp3) is 0.0714. The van der Waals surface area contributed by atoms with Crippen molar-refractivity contribution in [2.45, 2.75) is 6.18 Å². The first-order chi connectivity index (χ1) is 10.5. The summed E-state index contributed by atoms with van der Waals surface area (Å²) >= 11 is 1.14. The van der Waals surface area contributed by atoms with Gasteiger partial charge in [-0.2, -0.15) is 13.2 Å². The van der Waals surface area contributed by atoms with Crippen molar-refractivity contribution in [3.8, 4) is 10.7 Å². The summed E-state index contributed by atoms with van der Waals surface area (Å²) in [6, 6.07) is 10.6. The summed E-state index contributed by atoms with van der Waals surface area (Å²) < 4.78 is 38.8. The molecule has 0 bridgehead atoms. The van der Waals surface area contributed by atoms with E-state index >= 15 is 0 Å². The molecule has 0 spiro atoms. The molecule has 0 saturated carbocycles. The molecule has 112 valence electrons. The maximum atomic E-state index is 12.9. The monoisotopic (exact) mass is 322 g/mol. The maximum absolute atomic E-state index is 12.9. The quantitative estimate of drug-likeness (QED) is 0.778. The second kappa shape index (κ2) is 5.72. The first kappa shape index (κ1) is 14.5. The Hall–Kier alpha value is -2.48. The van der Waals surface area contributed by atoms with Crippen LogP contribution in [-0.2, 0) is 6.18 Å². The van der Waals surface area contributed by atoms with Gasteiger partial charge >= 0.3 is 6.18 Å². The molecule has 22 heavy (non-hydrogen) atoms. The van der Waals surface area contributed by atoms with Gasteiger partial charge < -0.3 is 5.32 Å². The maximum Gasteiger partial charge on any atom is 0.418 e. The van der Waals surface area contributed by atoms with E-state index in [0.29, 0.717) is 10.7 Å². The van der Waals surface area contributed by atoms with Crippen molar-refractivity contribution < 1.29 is 13.2 Å². The van der Waals surface area contributed by atoms with Gasteiger partial charge in [0.2, 0.25) is 5.13 Å². The second-order valence-corrected chi connectivity index (χ2v) is 5.27. The first-order valence-electron chi connectivity index (χ1n) is 6.22. The molecule has 0 saturated heterocycles. The van der Waals surface area contributed by atoms with Crippen LogP contribution in [0, 0.1) is 0 Å². The van der Waals surface area contributed by atoms with E-state index in [1.165, 1.54) is 18.2 Å². The van der Waals surface area contributed by atoms with Crippen LogP contribution in [0.15, 0.2) is 48.7 Å². The van der Waals surface area contributed by atoms with Crippen molar-refractivity contribution in [3.05, 3.63) is 54.2 Å². The van der Waals surface area contributed by atoms with Crippen molar-refractivity contribution in [2.24, 2.45) is 0 Å². The first-order valence-corrected chi connectivity index (χ1v) is 7.04. The van der Waals surface area contributed by atoms with E-state index in [1.807, 2.05) is 0 Å². The lowest BCUT2D eigenvalue weighted by molar-refractivity contribution is -0.136. The summed E-state index contributed by atoms with van der Waals surface area (Å²) in [5, 5.41) is 11.3. The molecule has 0 radical (unpaired) electrons. The van der Waals surface area contributed by atoms with Gasteiger partial charge in [0.15, 0.2) is 5.01 Å². The Morgan fingerprint density at radius 3 is 2.45 bits per heavy atom. The SMILES string of the molecule is FC(F)(F)c1ccccc1Nc1nnc(-c2ccccn2)s1. The van der Waals surface area contributed by atoms with Crippen molar-refractivity contribution >= 4 is 22.2 Å². The molecule has 8 heteroatoms. The molecule has 3 aromatic rings. The number of hydrogen-bond acceptors (Lipinski definition) is 5. The van der Waals surface area contributed by atoms with Crippen LogP contribution in [0.3, 0.4) is 0 Å². The minimum absolute atomic E-state index is 0.0567. The number of benzene rings is 1. The number of halogens is 3. The zero-order valence-electron chi connectivity index (χ0n) is 11.0. The van der Waals surface area contributed by atoms with E-state index < -0.39 is 11.7 Å². The summed E-state index contributed by atoms with van der Waals surface area (Å²) in [6.07, 6.45) is -2.82. The molecule has 0 aliphatic rings. The normalized spacial score (nSPS) is 11.4. The number of rotatable bonds is 3. The highest BCUT2D eigenvalue weighted by Gasteiger charge is 2.33. The van der Waals surface area contributed by atoms with E-state index in [9.17, 15) is 13.2 Å². The third-order valence-electron chi connectivity index (χ3n) is 2.78. The Morgan fingerprint density at radius 2 is 1.73 bits per heavy atom. The van der Waals surface area contributed by atoms with Crippen LogP contribution in [0.25, 0.3) is 10.7 Å². The van der Waals surface area contributed by atoms with Gasteiger partial charge in [-0.3, -0.25) is 4.98 Å². The molecule has 3 rings (SSSR count). The van der Waals surface area contributed by atoms with E-state index in [0.717, 1.165) is 17.4 Å². The summed E-state index contributed by atoms with van der Waals surface area (Å²) in [5.41, 5.74) is -0.180. The fourth-order valence-corrected chi connectivity index (χ4v) is 2.55. The summed E-state index contributed by atoms with van der Waals surface area (Å²) in [5.74, 6) is 0. The lowest BCUT2D eigenvalue weighted by Gasteiger charge is -2.12. The number of pyridine rings is 1. The number of hydrogen-bond donors (Lipinski definition) is 1. The van der Waals surface area contributed by atoms with Crippen LogP contribution in [0.1, 0.15) is 5.56 Å². The average molecular weight is 322 g/mol. The minimum atomic E-state index is -4.43. The lowest BCUT2D eigenvalue weighted by atomic mass is 10.2. The molecule has 0 unspecified atom stereocenters. The number of aromatic nitrogens is 3. The minimum Gasteiger partial charge on any atom is -0.330 e. The summed E-state index contributed by atoms with van der Waals surface area (Å²) in [6.45, 7) is 0. The number of alkyl halides is 3. The Kier molecular flexibility index (Phi) is 3.76. The van der Waals surface area contributed by atoms with Crippen LogP contribution in [-0.4, -0.2) is 15.2 Å². The van der Waals surface area contributed by atoms with Gasteiger partial charge in [-0.25, -0.2) is 0 Å². The molecule has 1 aromatic carbocycles. The fourth-order valence-electron chi connectivity index (χ4n) is 1.82. The molecule has 2 heterocycles. The number of nitrogens with one attached hydrogen (secondary N) is 1. The van der Waals surface area contributed by atoms with Crippen LogP contribution in [0.5, 0.6) is 0 Å². The van der Waals surface area contributed by atoms with Gasteiger partial charge in [0.05, 0.1) is 11.3 Å². The Balaban J connectivity index is 1.88. The third-order valence-corrected chi connectivity index (χ3v) is 3.64. The Labute approximate surface area is 127 Å². The molecule has 1 N–H and O–H groups in total. The van der Waals surface area contributed by atoms with Crippen molar-refractivity contribution in [1.82, 2.24) is 15.2 Å². The van der Waals surface area contributed by atoms with Crippen molar-refractivity contribution in [3.63, 3.8) is 0 Å². The van der Waals surface area contributed by atoms with Crippen LogP contribution in [0.2, 0.25) is 0 Å². The Bertz CT molecular complexity index is 771. The molecule has 0 aliphatic heterocycles. The molecule has 0 atom stereocenters. The van der Waals surface area contributed by atoms with Crippen LogP contribution in [0.4, 0.5) is 24.0 Å². The number of anilines is 2. The van der Waals surface area contributed by atoms with Crippen LogP contribution >= 0.6 is 11.3 Å². The number of para-hydroxylation sites is 1. The molecule has 0 amide bonds. The number of nitrogens with zero attached hydrogens (tertiary/aromatic N) is 3. The lowest BCUT2D eigenvalue weighted by Crippen LogP contribution is -2.08. The summed E-state index contributed by atoms with van der Waals surface area (Å²) in [4.78, 5) is 4.13. The van der Waals surface area contributed by atoms with E-state index in [4.69, 9.17) is 0 Å². The summed E-state index contributed by atoms with van der Waals surface area (Å²) in [7, 11) is 0. The highest BCUT2D eigenvalue weighted by atomic mass is 32.1. The molecule has 0 fully saturated rings. The van der Waals surface area contributed by atoms with Gasteiger partial charge in [0.1, 0.15) is 5.69 Å². The largest absolute Gasteiger partial charge is 0.418 e. The van der Waals surface area contributed by atoms with E-state index in [1.54, 1.807) is 24.4 Å². The van der Waals surface area contributed by atoms with E-state index in [-0.39, 0.29) is 10.8 Å². The van der Waals surface area contributed by atoms with Crippen molar-refractivity contribution in [1.29, 1.82) is 0 Å². The molecule has 0 aliphatic carbocycles. The Morgan fingerprint density at radius 1 is 0.955 bits per heavy atom. The van der Waals surface area contributed by atoms with Gasteiger partial charge in [-0.05, 0) is 24.3 Å². The zero-order valence-corrected chi connectivity index (χ0v) is 11.8. The van der Waals surface area contributed by atoms with Crippen molar-refractivity contribution in [2.75, 3.05) is 5.32 Å². The topological polar surface area (TPSA) is 50.7 Å². The molecule has 2 aromatic heterocycles. The standard InChI is InChI=1S/C14H9F3N4S/c15-14(16,17)9-5-1-2-6-10(9)19-13-21-20-12(22-13)11-7-3-4-8-18-11/h1-8H,(H,19,21). The third kappa shape index (κ3) is 3.06. The van der Waals surface area contributed by atoms with Gasteiger partial charge in [-0.1, -0.05) is 29.5 Å². The van der Waals surface area contributed by atoms with Crippen LogP contribution < -0.4 is 5.32 Å². The zero-order chi connectivity index (χ0) is 15.6.